The Hall–Kier alpha value is -3.67. The zero-order valence-corrected chi connectivity index (χ0v) is 16.6. The summed E-state index contributed by atoms with van der Waals surface area (Å²) in [5.41, 5.74) is 4.51. The minimum atomic E-state index is -0.272. The minimum Gasteiger partial charge on any atom is -0.349 e. The highest BCUT2D eigenvalue weighted by Crippen LogP contribution is 2.17. The third kappa shape index (κ3) is 4.99. The van der Waals surface area contributed by atoms with Crippen molar-refractivity contribution in [2.45, 2.75) is 20.4 Å². The van der Waals surface area contributed by atoms with E-state index in [4.69, 9.17) is 0 Å². The predicted molar refractivity (Wildman–Crippen MR) is 114 cm³/mol. The first-order chi connectivity index (χ1) is 14.0. The van der Waals surface area contributed by atoms with Crippen LogP contribution in [0.5, 0.6) is 0 Å². The van der Waals surface area contributed by atoms with E-state index in [0.29, 0.717) is 29.9 Å². The molecular weight excluding hydrogens is 364 g/mol. The molecule has 3 rings (SSSR count). The molecule has 0 unspecified atom stereocenters. The number of benzene rings is 2. The molecule has 0 atom stereocenters. The lowest BCUT2D eigenvalue weighted by molar-refractivity contribution is 0.0959. The highest BCUT2D eigenvalue weighted by molar-refractivity contribution is 6.09. The first-order valence-corrected chi connectivity index (χ1v) is 9.37. The molecular formula is C23H24N4O2. The van der Waals surface area contributed by atoms with Crippen LogP contribution in [0.4, 0.5) is 5.69 Å². The Labute approximate surface area is 170 Å². The molecule has 0 aliphatic carbocycles. The van der Waals surface area contributed by atoms with Gasteiger partial charge in [-0.2, -0.15) is 5.10 Å². The molecule has 0 spiro atoms. The van der Waals surface area contributed by atoms with Crippen LogP contribution in [0.25, 0.3) is 0 Å². The summed E-state index contributed by atoms with van der Waals surface area (Å²) in [6, 6.07) is 16.3. The zero-order chi connectivity index (χ0) is 20.8. The number of hydrogen-bond acceptors (Lipinski definition) is 3. The standard InChI is InChI=1S/C23H24N4O2/c1-4-13-24-23(29)20-7-5-6-8-21(20)25-22(28)19-11-9-18(10-12-19)15-27-17(3)14-16(2)26-27/h4-12,14H,1,13,15H2,2-3H3,(H,24,29)(H,25,28). The molecule has 6 nitrogen and oxygen atoms in total. The van der Waals surface area contributed by atoms with E-state index in [9.17, 15) is 9.59 Å². The van der Waals surface area contributed by atoms with Gasteiger partial charge in [0.1, 0.15) is 0 Å². The van der Waals surface area contributed by atoms with Gasteiger partial charge in [-0.15, -0.1) is 6.58 Å². The van der Waals surface area contributed by atoms with Crippen LogP contribution in [0.3, 0.4) is 0 Å². The van der Waals surface area contributed by atoms with Gasteiger partial charge in [-0.05, 0) is 49.7 Å². The highest BCUT2D eigenvalue weighted by atomic mass is 16.2. The average Bonchev–Trinajstić information content (AvgIpc) is 3.03. The number of aryl methyl sites for hydroxylation is 2. The van der Waals surface area contributed by atoms with Crippen molar-refractivity contribution in [2.75, 3.05) is 11.9 Å². The molecule has 1 aromatic heterocycles. The first-order valence-electron chi connectivity index (χ1n) is 9.37. The van der Waals surface area contributed by atoms with Crippen LogP contribution < -0.4 is 10.6 Å². The van der Waals surface area contributed by atoms with Gasteiger partial charge in [0.15, 0.2) is 0 Å². The van der Waals surface area contributed by atoms with E-state index in [2.05, 4.69) is 22.3 Å². The molecule has 0 saturated heterocycles. The second kappa shape index (κ2) is 9.01. The molecule has 2 aromatic carbocycles. The highest BCUT2D eigenvalue weighted by Gasteiger charge is 2.13. The summed E-state index contributed by atoms with van der Waals surface area (Å²) >= 11 is 0. The van der Waals surface area contributed by atoms with E-state index in [1.807, 2.05) is 36.7 Å². The van der Waals surface area contributed by atoms with Gasteiger partial charge in [-0.3, -0.25) is 14.3 Å². The second-order valence-electron chi connectivity index (χ2n) is 6.78. The predicted octanol–water partition coefficient (Wildman–Crippen LogP) is 3.72. The Balaban J connectivity index is 1.71. The number of nitrogens with one attached hydrogen (secondary N) is 2. The lowest BCUT2D eigenvalue weighted by atomic mass is 10.1. The number of amides is 2. The molecule has 6 heteroatoms. The van der Waals surface area contributed by atoms with Crippen molar-refractivity contribution in [3.05, 3.63) is 95.3 Å². The smallest absolute Gasteiger partial charge is 0.255 e. The maximum Gasteiger partial charge on any atom is 0.255 e. The van der Waals surface area contributed by atoms with Crippen molar-refractivity contribution in [3.63, 3.8) is 0 Å². The third-order valence-corrected chi connectivity index (χ3v) is 4.48. The summed E-state index contributed by atoms with van der Waals surface area (Å²) in [7, 11) is 0. The van der Waals surface area contributed by atoms with Crippen LogP contribution in [0.2, 0.25) is 0 Å². The molecule has 0 saturated carbocycles. The molecule has 1 heterocycles. The summed E-state index contributed by atoms with van der Waals surface area (Å²) in [5, 5.41) is 10.0. The minimum absolute atomic E-state index is 0.263. The van der Waals surface area contributed by atoms with Gasteiger partial charge in [0.25, 0.3) is 11.8 Å². The number of anilines is 1. The Bertz CT molecular complexity index is 1040. The Morgan fingerprint density at radius 2 is 1.79 bits per heavy atom. The number of rotatable bonds is 7. The van der Waals surface area contributed by atoms with Crippen LogP contribution in [0.15, 0.2) is 67.3 Å². The molecule has 2 N–H and O–H groups in total. The van der Waals surface area contributed by atoms with Crippen LogP contribution >= 0.6 is 0 Å². The molecule has 0 aliphatic rings. The Morgan fingerprint density at radius 1 is 1.07 bits per heavy atom. The monoisotopic (exact) mass is 388 g/mol. The van der Waals surface area contributed by atoms with Gasteiger partial charge in [0, 0.05) is 17.8 Å². The Kier molecular flexibility index (Phi) is 6.24. The largest absolute Gasteiger partial charge is 0.349 e. The summed E-state index contributed by atoms with van der Waals surface area (Å²) in [6.07, 6.45) is 1.60. The van der Waals surface area contributed by atoms with Gasteiger partial charge >= 0.3 is 0 Å². The van der Waals surface area contributed by atoms with Gasteiger partial charge < -0.3 is 10.6 Å². The van der Waals surface area contributed by atoms with E-state index < -0.39 is 0 Å². The van der Waals surface area contributed by atoms with E-state index in [1.165, 1.54) is 0 Å². The lowest BCUT2D eigenvalue weighted by Crippen LogP contribution is -2.25. The van der Waals surface area contributed by atoms with Crippen molar-refractivity contribution >= 4 is 17.5 Å². The van der Waals surface area contributed by atoms with Crippen LogP contribution in [0.1, 0.15) is 37.7 Å². The van der Waals surface area contributed by atoms with Crippen molar-refractivity contribution in [2.24, 2.45) is 0 Å². The molecule has 0 fully saturated rings. The van der Waals surface area contributed by atoms with Gasteiger partial charge in [-0.25, -0.2) is 0 Å². The molecule has 0 bridgehead atoms. The molecule has 3 aromatic rings. The van der Waals surface area contributed by atoms with Crippen LogP contribution in [0, 0.1) is 13.8 Å². The SMILES string of the molecule is C=CCNC(=O)c1ccccc1NC(=O)c1ccc(Cn2nc(C)cc2C)cc1. The summed E-state index contributed by atoms with van der Waals surface area (Å²) < 4.78 is 1.93. The topological polar surface area (TPSA) is 76.0 Å². The van der Waals surface area contributed by atoms with Crippen molar-refractivity contribution in [1.29, 1.82) is 0 Å². The lowest BCUT2D eigenvalue weighted by Gasteiger charge is -2.11. The molecule has 148 valence electrons. The molecule has 0 radical (unpaired) electrons. The fourth-order valence-corrected chi connectivity index (χ4v) is 3.01. The van der Waals surface area contributed by atoms with E-state index >= 15 is 0 Å². The number of para-hydroxylation sites is 1. The third-order valence-electron chi connectivity index (χ3n) is 4.48. The maximum atomic E-state index is 12.7. The maximum absolute atomic E-state index is 12.7. The van der Waals surface area contributed by atoms with Gasteiger partial charge in [0.05, 0.1) is 23.5 Å². The molecule has 0 aliphatic heterocycles. The quantitative estimate of drug-likeness (QED) is 0.606. The number of aromatic nitrogens is 2. The summed E-state index contributed by atoms with van der Waals surface area (Å²) in [6.45, 7) is 8.57. The average molecular weight is 388 g/mol. The normalized spacial score (nSPS) is 10.4. The first kappa shape index (κ1) is 20.1. The zero-order valence-electron chi connectivity index (χ0n) is 16.6. The van der Waals surface area contributed by atoms with Crippen molar-refractivity contribution in [1.82, 2.24) is 15.1 Å². The van der Waals surface area contributed by atoms with E-state index in [0.717, 1.165) is 17.0 Å². The van der Waals surface area contributed by atoms with Gasteiger partial charge in [-0.1, -0.05) is 30.3 Å². The number of nitrogens with zero attached hydrogens (tertiary/aromatic N) is 2. The fraction of sp³-hybridized carbons (Fsp3) is 0.174. The second-order valence-corrected chi connectivity index (χ2v) is 6.78. The molecule has 29 heavy (non-hydrogen) atoms. The fourth-order valence-electron chi connectivity index (χ4n) is 3.01. The summed E-state index contributed by atoms with van der Waals surface area (Å²) in [4.78, 5) is 24.9. The van der Waals surface area contributed by atoms with Crippen molar-refractivity contribution < 1.29 is 9.59 Å². The number of carbonyl (C=O) groups is 2. The van der Waals surface area contributed by atoms with Crippen LogP contribution in [-0.2, 0) is 6.54 Å². The van der Waals surface area contributed by atoms with E-state index in [-0.39, 0.29) is 11.8 Å². The summed E-state index contributed by atoms with van der Waals surface area (Å²) in [5.74, 6) is -0.535. The van der Waals surface area contributed by atoms with Crippen LogP contribution in [-0.4, -0.2) is 28.1 Å². The van der Waals surface area contributed by atoms with Crippen molar-refractivity contribution in [3.8, 4) is 0 Å². The van der Waals surface area contributed by atoms with Gasteiger partial charge in [0.2, 0.25) is 0 Å². The number of hydrogen-bond donors (Lipinski definition) is 2. The number of carbonyl (C=O) groups excluding carboxylic acids is 2. The molecule has 2 amide bonds. The van der Waals surface area contributed by atoms with E-state index in [1.54, 1.807) is 42.5 Å². The Morgan fingerprint density at radius 3 is 2.45 bits per heavy atom.